The van der Waals surface area contributed by atoms with E-state index in [4.69, 9.17) is 37.0 Å². The second kappa shape index (κ2) is 67.2. The third kappa shape index (κ3) is 72.2. The Balaban J connectivity index is 5.19. The van der Waals surface area contributed by atoms with Crippen LogP contribution in [0.4, 0.5) is 0 Å². The lowest BCUT2D eigenvalue weighted by atomic mass is 10.0. The van der Waals surface area contributed by atoms with Gasteiger partial charge in [0.25, 0.3) is 0 Å². The molecule has 0 aromatic rings. The fraction of sp³-hybridized carbons (Fsp3) is 0.949. The van der Waals surface area contributed by atoms with Crippen LogP contribution in [-0.4, -0.2) is 96.7 Å². The molecule has 0 amide bonds. The summed E-state index contributed by atoms with van der Waals surface area (Å²) in [4.78, 5) is 72.8. The highest BCUT2D eigenvalue weighted by Gasteiger charge is 2.30. The molecule has 3 unspecified atom stereocenters. The summed E-state index contributed by atoms with van der Waals surface area (Å²) in [5.74, 6) is 0.908. The summed E-state index contributed by atoms with van der Waals surface area (Å²) >= 11 is 0. The van der Waals surface area contributed by atoms with E-state index in [1.54, 1.807) is 0 Å². The maximum atomic E-state index is 13.1. The molecule has 19 heteroatoms. The van der Waals surface area contributed by atoms with Crippen LogP contribution < -0.4 is 0 Å². The number of carbonyl (C=O) groups excluding carboxylic acids is 4. The maximum Gasteiger partial charge on any atom is 0.472 e. The highest BCUT2D eigenvalue weighted by Crippen LogP contribution is 2.45. The number of hydrogen-bond donors (Lipinski definition) is 3. The number of ether oxygens (including phenoxy) is 4. The summed E-state index contributed by atoms with van der Waals surface area (Å²) in [5, 5.41) is 10.6. The van der Waals surface area contributed by atoms with Crippen LogP contribution in [0.25, 0.3) is 0 Å². The van der Waals surface area contributed by atoms with Crippen LogP contribution in [0.2, 0.25) is 0 Å². The Labute approximate surface area is 594 Å². The number of carbonyl (C=O) groups is 4. The Morgan fingerprint density at radius 2 is 0.433 bits per heavy atom. The summed E-state index contributed by atoms with van der Waals surface area (Å²) in [6.07, 6.45) is 52.9. The molecule has 0 aromatic heterocycles. The topological polar surface area (TPSA) is 237 Å². The minimum Gasteiger partial charge on any atom is -0.462 e. The summed E-state index contributed by atoms with van der Waals surface area (Å²) in [6.45, 7) is 14.2. The SMILES string of the molecule is CC(C)CCCCCCCCCCCCCCCCCCCCC(=O)O[C@H](COC(=O)CCCCCCCCCC(C)C)COP(=O)(O)OCC(O)COP(=O)(O)OC[C@@H](COC(=O)CCCCCCCCCCC(C)C)OC(=O)CCCCCCCCCCCCCCC(C)C. The third-order valence-electron chi connectivity index (χ3n) is 18.1. The fourth-order valence-corrected chi connectivity index (χ4v) is 13.5. The molecule has 0 spiro atoms. The summed E-state index contributed by atoms with van der Waals surface area (Å²) in [7, 11) is -9.92. The first-order chi connectivity index (χ1) is 46.6. The number of aliphatic hydroxyl groups excluding tert-OH is 1. The Hall–Kier alpha value is -1.94. The molecule has 0 saturated carbocycles. The monoisotopic (exact) mass is 1420 g/mol. The van der Waals surface area contributed by atoms with Crippen LogP contribution >= 0.6 is 15.6 Å². The molecule has 576 valence electrons. The summed E-state index contributed by atoms with van der Waals surface area (Å²) < 4.78 is 68.6. The molecular formula is C78H152O17P2. The average Bonchev–Trinajstić information content (AvgIpc) is 1.31. The van der Waals surface area contributed by atoms with Gasteiger partial charge in [0.2, 0.25) is 0 Å². The highest BCUT2D eigenvalue weighted by molar-refractivity contribution is 7.47. The van der Waals surface area contributed by atoms with Gasteiger partial charge in [0.15, 0.2) is 12.2 Å². The second-order valence-corrected chi connectivity index (χ2v) is 32.9. The third-order valence-corrected chi connectivity index (χ3v) is 20.0. The van der Waals surface area contributed by atoms with Gasteiger partial charge in [-0.3, -0.25) is 37.3 Å². The van der Waals surface area contributed by atoms with Crippen LogP contribution in [0.5, 0.6) is 0 Å². The average molecular weight is 1420 g/mol. The Kier molecular flexibility index (Phi) is 65.9. The first-order valence-electron chi connectivity index (χ1n) is 40.2. The number of unbranched alkanes of at least 4 members (excludes halogenated alkanes) is 41. The maximum absolute atomic E-state index is 13.1. The van der Waals surface area contributed by atoms with Crippen LogP contribution in [-0.2, 0) is 65.4 Å². The van der Waals surface area contributed by atoms with Crippen molar-refractivity contribution in [2.75, 3.05) is 39.6 Å². The Morgan fingerprint density at radius 1 is 0.258 bits per heavy atom. The molecule has 0 aliphatic rings. The molecule has 0 aliphatic heterocycles. The Morgan fingerprint density at radius 3 is 0.639 bits per heavy atom. The normalized spacial score (nSPS) is 14.1. The van der Waals surface area contributed by atoms with Gasteiger partial charge in [-0.15, -0.1) is 0 Å². The van der Waals surface area contributed by atoms with Gasteiger partial charge in [0.05, 0.1) is 26.4 Å². The lowest BCUT2D eigenvalue weighted by molar-refractivity contribution is -0.161. The van der Waals surface area contributed by atoms with Crippen molar-refractivity contribution >= 4 is 39.5 Å². The van der Waals surface area contributed by atoms with Crippen LogP contribution in [0.15, 0.2) is 0 Å². The van der Waals surface area contributed by atoms with Crippen molar-refractivity contribution in [1.29, 1.82) is 0 Å². The number of rotatable bonds is 75. The number of aliphatic hydroxyl groups is 1. The molecule has 0 rings (SSSR count). The molecule has 0 fully saturated rings. The van der Waals surface area contributed by atoms with Crippen LogP contribution in [0, 0.1) is 23.7 Å². The van der Waals surface area contributed by atoms with E-state index in [1.165, 1.54) is 193 Å². The largest absolute Gasteiger partial charge is 0.472 e. The van der Waals surface area contributed by atoms with E-state index >= 15 is 0 Å². The van der Waals surface area contributed by atoms with Crippen molar-refractivity contribution in [2.45, 2.75) is 414 Å². The number of phosphoric ester groups is 2. The Bertz CT molecular complexity index is 1900. The molecular weight excluding hydrogens is 1270 g/mol. The molecule has 0 saturated heterocycles. The quantitative estimate of drug-likeness (QED) is 0.0222. The first-order valence-corrected chi connectivity index (χ1v) is 43.2. The number of hydrogen-bond acceptors (Lipinski definition) is 15. The lowest BCUT2D eigenvalue weighted by Crippen LogP contribution is -2.30. The van der Waals surface area contributed by atoms with E-state index in [9.17, 15) is 43.2 Å². The predicted octanol–water partition coefficient (Wildman–Crippen LogP) is 22.8. The molecule has 5 atom stereocenters. The van der Waals surface area contributed by atoms with Crippen molar-refractivity contribution in [3.8, 4) is 0 Å². The van der Waals surface area contributed by atoms with Gasteiger partial charge in [0.1, 0.15) is 19.3 Å². The molecule has 0 bridgehead atoms. The molecule has 0 aliphatic carbocycles. The number of esters is 4. The van der Waals surface area contributed by atoms with Gasteiger partial charge < -0.3 is 33.8 Å². The van der Waals surface area contributed by atoms with E-state index in [0.717, 1.165) is 114 Å². The standard InChI is InChI=1S/C78H152O17P2/c1-68(2)54-46-38-30-23-19-15-13-11-9-10-12-14-16-21-25-35-44-52-60-77(82)95-74(65-89-76(81)59-51-43-37-29-33-41-49-57-71(7)8)67-93-97(86,87)91-63-72(79)62-90-96(84,85)92-66-73(64-88-75(80)58-50-42-34-28-27-32-40-48-56-70(5)6)94-78(83)61-53-45-36-26-22-18-17-20-24-31-39-47-55-69(3)4/h68-74,79H,9-67H2,1-8H3,(H,84,85)(H,86,87)/t72?,73-,74-/m1/s1. The van der Waals surface area contributed by atoms with Gasteiger partial charge in [-0.25, -0.2) is 9.13 Å². The molecule has 0 heterocycles. The van der Waals surface area contributed by atoms with Crippen LogP contribution in [0.1, 0.15) is 396 Å². The number of phosphoric acid groups is 2. The second-order valence-electron chi connectivity index (χ2n) is 30.0. The van der Waals surface area contributed by atoms with Crippen molar-refractivity contribution in [3.63, 3.8) is 0 Å². The molecule has 97 heavy (non-hydrogen) atoms. The van der Waals surface area contributed by atoms with E-state index in [-0.39, 0.29) is 25.7 Å². The summed E-state index contributed by atoms with van der Waals surface area (Å²) in [5.41, 5.74) is 0. The zero-order chi connectivity index (χ0) is 71.7. The molecule has 0 radical (unpaired) electrons. The zero-order valence-electron chi connectivity index (χ0n) is 63.7. The smallest absolute Gasteiger partial charge is 0.462 e. The fourth-order valence-electron chi connectivity index (χ4n) is 11.9. The van der Waals surface area contributed by atoms with E-state index in [0.29, 0.717) is 31.6 Å². The molecule has 0 aromatic carbocycles. The predicted molar refractivity (Wildman–Crippen MR) is 395 cm³/mol. The van der Waals surface area contributed by atoms with Crippen molar-refractivity contribution < 1.29 is 80.2 Å². The first kappa shape index (κ1) is 95.1. The molecule has 17 nitrogen and oxygen atoms in total. The summed E-state index contributed by atoms with van der Waals surface area (Å²) in [6, 6.07) is 0. The van der Waals surface area contributed by atoms with E-state index in [1.807, 2.05) is 0 Å². The van der Waals surface area contributed by atoms with Crippen LogP contribution in [0.3, 0.4) is 0 Å². The van der Waals surface area contributed by atoms with Gasteiger partial charge in [-0.2, -0.15) is 0 Å². The van der Waals surface area contributed by atoms with E-state index in [2.05, 4.69) is 55.4 Å². The van der Waals surface area contributed by atoms with E-state index < -0.39 is 97.5 Å². The van der Waals surface area contributed by atoms with Crippen molar-refractivity contribution in [2.24, 2.45) is 23.7 Å². The highest BCUT2D eigenvalue weighted by atomic mass is 31.2. The minimum absolute atomic E-state index is 0.106. The minimum atomic E-state index is -4.96. The van der Waals surface area contributed by atoms with Gasteiger partial charge in [-0.1, -0.05) is 344 Å². The van der Waals surface area contributed by atoms with Gasteiger partial charge >= 0.3 is 39.5 Å². The van der Waals surface area contributed by atoms with Crippen molar-refractivity contribution in [1.82, 2.24) is 0 Å². The molecule has 3 N–H and O–H groups in total. The van der Waals surface area contributed by atoms with Gasteiger partial charge in [0, 0.05) is 25.7 Å². The van der Waals surface area contributed by atoms with Crippen molar-refractivity contribution in [3.05, 3.63) is 0 Å². The lowest BCUT2D eigenvalue weighted by Gasteiger charge is -2.21. The van der Waals surface area contributed by atoms with Gasteiger partial charge in [-0.05, 0) is 49.4 Å². The zero-order valence-corrected chi connectivity index (χ0v) is 65.5.